The highest BCUT2D eigenvalue weighted by atomic mass is 32.2. The van der Waals surface area contributed by atoms with Crippen LogP contribution >= 0.6 is 11.8 Å². The average Bonchev–Trinajstić information content (AvgIpc) is 2.95. The third kappa shape index (κ3) is 4.72. The number of hydrogen-bond acceptors (Lipinski definition) is 5. The zero-order chi connectivity index (χ0) is 15.3. The van der Waals surface area contributed by atoms with Crippen molar-refractivity contribution in [2.24, 2.45) is 0 Å². The molecule has 0 aliphatic carbocycles. The standard InChI is InChI=1S/C14H19NO4S2/c1-19-14(16)10-20-13-7-8-15(9-13)21(17,18)11-12-5-3-2-4-6-12/h2-6,13H,7-11H2,1H3/t13-/m0/s1. The minimum atomic E-state index is -3.29. The lowest BCUT2D eigenvalue weighted by molar-refractivity contribution is -0.137. The van der Waals surface area contributed by atoms with Gasteiger partial charge < -0.3 is 4.74 Å². The highest BCUT2D eigenvalue weighted by molar-refractivity contribution is 8.00. The van der Waals surface area contributed by atoms with E-state index in [-0.39, 0.29) is 22.7 Å². The first-order valence-electron chi connectivity index (χ1n) is 6.71. The van der Waals surface area contributed by atoms with Crippen molar-refractivity contribution in [3.8, 4) is 0 Å². The maximum Gasteiger partial charge on any atom is 0.315 e. The number of esters is 1. The van der Waals surface area contributed by atoms with Crippen LogP contribution in [0.5, 0.6) is 0 Å². The summed E-state index contributed by atoms with van der Waals surface area (Å²) < 4.78 is 30.8. The zero-order valence-electron chi connectivity index (χ0n) is 11.9. The SMILES string of the molecule is COC(=O)CS[C@H]1CCN(S(=O)(=O)Cc2ccccc2)C1. The molecule has 0 radical (unpaired) electrons. The van der Waals surface area contributed by atoms with Crippen molar-refractivity contribution >= 4 is 27.8 Å². The van der Waals surface area contributed by atoms with E-state index in [1.54, 1.807) is 0 Å². The summed E-state index contributed by atoms with van der Waals surface area (Å²) in [6.45, 7) is 0.991. The first-order valence-corrected chi connectivity index (χ1v) is 9.37. The van der Waals surface area contributed by atoms with Crippen molar-refractivity contribution in [2.45, 2.75) is 17.4 Å². The van der Waals surface area contributed by atoms with Crippen LogP contribution in [-0.2, 0) is 25.3 Å². The molecule has 0 aromatic heterocycles. The molecule has 5 nitrogen and oxygen atoms in total. The molecule has 0 N–H and O–H groups in total. The van der Waals surface area contributed by atoms with Crippen LogP contribution in [0.3, 0.4) is 0 Å². The Labute approximate surface area is 129 Å². The number of rotatable bonds is 6. The molecule has 21 heavy (non-hydrogen) atoms. The van der Waals surface area contributed by atoms with Gasteiger partial charge >= 0.3 is 5.97 Å². The normalized spacial score (nSPS) is 19.6. The quantitative estimate of drug-likeness (QED) is 0.740. The summed E-state index contributed by atoms with van der Waals surface area (Å²) >= 11 is 1.46. The number of ether oxygens (including phenoxy) is 1. The van der Waals surface area contributed by atoms with E-state index < -0.39 is 10.0 Å². The number of sulfonamides is 1. The summed E-state index contributed by atoms with van der Waals surface area (Å²) in [5.41, 5.74) is 0.795. The number of nitrogens with zero attached hydrogens (tertiary/aromatic N) is 1. The number of carbonyl (C=O) groups excluding carboxylic acids is 1. The maximum atomic E-state index is 12.4. The molecule has 1 fully saturated rings. The van der Waals surface area contributed by atoms with Gasteiger partial charge in [-0.05, 0) is 12.0 Å². The molecule has 0 bridgehead atoms. The third-order valence-electron chi connectivity index (χ3n) is 3.36. The summed E-state index contributed by atoms with van der Waals surface area (Å²) in [5, 5.41) is 0.162. The van der Waals surface area contributed by atoms with Crippen molar-refractivity contribution in [2.75, 3.05) is 26.0 Å². The Balaban J connectivity index is 1.89. The van der Waals surface area contributed by atoms with Gasteiger partial charge in [-0.3, -0.25) is 4.79 Å². The molecule has 0 saturated carbocycles. The maximum absolute atomic E-state index is 12.4. The lowest BCUT2D eigenvalue weighted by Gasteiger charge is -2.16. The van der Waals surface area contributed by atoms with Gasteiger partial charge in [-0.1, -0.05) is 30.3 Å². The fourth-order valence-electron chi connectivity index (χ4n) is 2.21. The van der Waals surface area contributed by atoms with E-state index in [4.69, 9.17) is 0 Å². The first kappa shape index (κ1) is 16.3. The molecule has 2 rings (SSSR count). The Bertz CT molecular complexity index is 574. The van der Waals surface area contributed by atoms with E-state index >= 15 is 0 Å². The number of thioether (sulfide) groups is 1. The van der Waals surface area contributed by atoms with Crippen LogP contribution in [0.4, 0.5) is 0 Å². The van der Waals surface area contributed by atoms with E-state index in [1.807, 2.05) is 30.3 Å². The Morgan fingerprint density at radius 3 is 2.76 bits per heavy atom. The number of methoxy groups -OCH3 is 1. The van der Waals surface area contributed by atoms with Gasteiger partial charge in [-0.25, -0.2) is 12.7 Å². The van der Waals surface area contributed by atoms with Gasteiger partial charge in [0.15, 0.2) is 0 Å². The Kier molecular flexibility index (Phi) is 5.66. The van der Waals surface area contributed by atoms with Crippen LogP contribution < -0.4 is 0 Å². The molecule has 1 saturated heterocycles. The minimum Gasteiger partial charge on any atom is -0.468 e. The summed E-state index contributed by atoms with van der Waals surface area (Å²) in [7, 11) is -1.93. The largest absolute Gasteiger partial charge is 0.468 e. The van der Waals surface area contributed by atoms with Gasteiger partial charge in [0.1, 0.15) is 0 Å². The molecular formula is C14H19NO4S2. The van der Waals surface area contributed by atoms with Crippen LogP contribution in [-0.4, -0.2) is 49.9 Å². The topological polar surface area (TPSA) is 63.7 Å². The van der Waals surface area contributed by atoms with Crippen LogP contribution in [0.25, 0.3) is 0 Å². The van der Waals surface area contributed by atoms with Crippen molar-refractivity contribution in [1.29, 1.82) is 0 Å². The van der Waals surface area contributed by atoms with Gasteiger partial charge in [0.2, 0.25) is 10.0 Å². The molecule has 1 aromatic rings. The van der Waals surface area contributed by atoms with E-state index in [2.05, 4.69) is 4.74 Å². The zero-order valence-corrected chi connectivity index (χ0v) is 13.5. The molecule has 0 amide bonds. The summed E-state index contributed by atoms with van der Waals surface area (Å²) in [5.74, 6) is 0.0290. The molecule has 0 spiro atoms. The molecule has 0 unspecified atom stereocenters. The monoisotopic (exact) mass is 329 g/mol. The van der Waals surface area contributed by atoms with Crippen LogP contribution in [0.2, 0.25) is 0 Å². The smallest absolute Gasteiger partial charge is 0.315 e. The summed E-state index contributed by atoms with van der Waals surface area (Å²) in [4.78, 5) is 11.1. The van der Waals surface area contributed by atoms with Crippen LogP contribution in [0.1, 0.15) is 12.0 Å². The molecule has 7 heteroatoms. The van der Waals surface area contributed by atoms with E-state index in [1.165, 1.54) is 23.2 Å². The molecule has 1 heterocycles. The molecule has 1 aliphatic heterocycles. The average molecular weight is 329 g/mol. The summed E-state index contributed by atoms with van der Waals surface area (Å²) in [6.07, 6.45) is 0.773. The van der Waals surface area contributed by atoms with Crippen molar-refractivity contribution < 1.29 is 17.9 Å². The lowest BCUT2D eigenvalue weighted by Crippen LogP contribution is -2.30. The predicted octanol–water partition coefficient (Wildman–Crippen LogP) is 1.50. The summed E-state index contributed by atoms with van der Waals surface area (Å²) in [6, 6.07) is 9.17. The van der Waals surface area contributed by atoms with Gasteiger partial charge in [0.25, 0.3) is 0 Å². The Morgan fingerprint density at radius 2 is 2.10 bits per heavy atom. The fourth-order valence-corrected chi connectivity index (χ4v) is 4.94. The predicted molar refractivity (Wildman–Crippen MR) is 83.5 cm³/mol. The number of benzene rings is 1. The van der Waals surface area contributed by atoms with E-state index in [0.717, 1.165) is 12.0 Å². The highest BCUT2D eigenvalue weighted by Crippen LogP contribution is 2.26. The van der Waals surface area contributed by atoms with Crippen molar-refractivity contribution in [1.82, 2.24) is 4.31 Å². The molecule has 1 aromatic carbocycles. The molecular weight excluding hydrogens is 310 g/mol. The molecule has 116 valence electrons. The minimum absolute atomic E-state index is 0.0300. The second kappa shape index (κ2) is 7.29. The molecule has 1 atom stereocenters. The highest BCUT2D eigenvalue weighted by Gasteiger charge is 2.31. The Hall–Kier alpha value is -1.05. The first-order chi connectivity index (χ1) is 10.0. The number of hydrogen-bond donors (Lipinski definition) is 0. The van der Waals surface area contributed by atoms with Gasteiger partial charge in [-0.15, -0.1) is 11.8 Å². The number of carbonyl (C=O) groups is 1. The second-order valence-corrected chi connectivity index (χ2v) is 8.16. The van der Waals surface area contributed by atoms with Crippen LogP contribution in [0.15, 0.2) is 30.3 Å². The molecule has 1 aliphatic rings. The van der Waals surface area contributed by atoms with Crippen LogP contribution in [0, 0.1) is 0 Å². The van der Waals surface area contributed by atoms with Gasteiger partial charge in [-0.2, -0.15) is 0 Å². The third-order valence-corrected chi connectivity index (χ3v) is 6.43. The van der Waals surface area contributed by atoms with Crippen molar-refractivity contribution in [3.05, 3.63) is 35.9 Å². The van der Waals surface area contributed by atoms with E-state index in [9.17, 15) is 13.2 Å². The van der Waals surface area contributed by atoms with Crippen molar-refractivity contribution in [3.63, 3.8) is 0 Å². The lowest BCUT2D eigenvalue weighted by atomic mass is 10.2. The Morgan fingerprint density at radius 1 is 1.38 bits per heavy atom. The van der Waals surface area contributed by atoms with E-state index in [0.29, 0.717) is 13.1 Å². The van der Waals surface area contributed by atoms with Gasteiger partial charge in [0.05, 0.1) is 18.6 Å². The second-order valence-electron chi connectivity index (χ2n) is 4.90. The van der Waals surface area contributed by atoms with Gasteiger partial charge in [0, 0.05) is 18.3 Å². The fraction of sp³-hybridized carbons (Fsp3) is 0.500.